The van der Waals surface area contributed by atoms with Crippen LogP contribution in [0.2, 0.25) is 0 Å². The van der Waals surface area contributed by atoms with Crippen LogP contribution in [-0.4, -0.2) is 77.6 Å². The van der Waals surface area contributed by atoms with Crippen LogP contribution in [0.15, 0.2) is 0 Å². The van der Waals surface area contributed by atoms with Crippen LogP contribution in [0, 0.1) is 5.92 Å². The average Bonchev–Trinajstić information content (AvgIpc) is 2.55. The molecule has 0 bridgehead atoms. The highest BCUT2D eigenvalue weighted by Gasteiger charge is 2.28. The van der Waals surface area contributed by atoms with E-state index >= 15 is 0 Å². The molecular formula is C14H27N3O3. The van der Waals surface area contributed by atoms with E-state index in [4.69, 9.17) is 5.11 Å². The zero-order valence-corrected chi connectivity index (χ0v) is 13.0. The number of carbonyl (C=O) groups is 2. The molecule has 116 valence electrons. The van der Waals surface area contributed by atoms with Crippen LogP contribution in [0.25, 0.3) is 0 Å². The molecule has 0 saturated carbocycles. The topological polar surface area (TPSA) is 64.1 Å². The summed E-state index contributed by atoms with van der Waals surface area (Å²) in [4.78, 5) is 29.3. The number of hydrogen-bond donors (Lipinski definition) is 1. The van der Waals surface area contributed by atoms with Crippen molar-refractivity contribution in [3.8, 4) is 0 Å². The maximum atomic E-state index is 12.6. The fourth-order valence-corrected chi connectivity index (χ4v) is 2.59. The Morgan fingerprint density at radius 2 is 2.05 bits per heavy atom. The smallest absolute Gasteiger partial charge is 0.320 e. The lowest BCUT2D eigenvalue weighted by Gasteiger charge is -2.34. The molecule has 1 N–H and O–H groups in total. The van der Waals surface area contributed by atoms with Crippen molar-refractivity contribution in [3.05, 3.63) is 0 Å². The molecule has 0 aliphatic carbocycles. The van der Waals surface area contributed by atoms with Crippen LogP contribution in [0.1, 0.15) is 27.2 Å². The number of carbonyl (C=O) groups excluding carboxylic acids is 1. The molecule has 0 radical (unpaired) electrons. The van der Waals surface area contributed by atoms with Gasteiger partial charge in [-0.1, -0.05) is 6.92 Å². The van der Waals surface area contributed by atoms with Crippen molar-refractivity contribution in [1.82, 2.24) is 14.7 Å². The predicted molar refractivity (Wildman–Crippen MR) is 77.7 cm³/mol. The average molecular weight is 285 g/mol. The van der Waals surface area contributed by atoms with Gasteiger partial charge in [0.05, 0.1) is 5.92 Å². The zero-order valence-electron chi connectivity index (χ0n) is 13.0. The Morgan fingerprint density at radius 3 is 2.60 bits per heavy atom. The highest BCUT2D eigenvalue weighted by Crippen LogP contribution is 2.13. The summed E-state index contributed by atoms with van der Waals surface area (Å²) in [6.45, 7) is 8.97. The van der Waals surface area contributed by atoms with Crippen LogP contribution in [-0.2, 0) is 4.79 Å². The molecular weight excluding hydrogens is 258 g/mol. The quantitative estimate of drug-likeness (QED) is 0.842. The van der Waals surface area contributed by atoms with Gasteiger partial charge in [-0.15, -0.1) is 0 Å². The SMILES string of the molecule is CCN(CC(C)C(=O)O)C(=O)N1CCCN(C)CC1C. The van der Waals surface area contributed by atoms with Gasteiger partial charge in [0.25, 0.3) is 0 Å². The van der Waals surface area contributed by atoms with E-state index in [0.29, 0.717) is 6.54 Å². The molecule has 1 fully saturated rings. The van der Waals surface area contributed by atoms with E-state index in [9.17, 15) is 9.59 Å². The first-order chi connectivity index (χ1) is 9.36. The van der Waals surface area contributed by atoms with Gasteiger partial charge in [-0.2, -0.15) is 0 Å². The molecule has 20 heavy (non-hydrogen) atoms. The molecule has 1 rings (SSSR count). The van der Waals surface area contributed by atoms with Gasteiger partial charge in [0.15, 0.2) is 0 Å². The standard InChI is InChI=1S/C14H27N3O3/c1-5-16(9-11(2)13(18)19)14(20)17-8-6-7-15(4)10-12(17)3/h11-12H,5-10H2,1-4H3,(H,18,19). The van der Waals surface area contributed by atoms with Gasteiger partial charge in [-0.05, 0) is 33.9 Å². The highest BCUT2D eigenvalue weighted by atomic mass is 16.4. The summed E-state index contributed by atoms with van der Waals surface area (Å²) in [5.41, 5.74) is 0. The maximum Gasteiger partial charge on any atom is 0.320 e. The summed E-state index contributed by atoms with van der Waals surface area (Å²) in [6.07, 6.45) is 0.957. The molecule has 2 atom stereocenters. The summed E-state index contributed by atoms with van der Waals surface area (Å²) in [5.74, 6) is -1.40. The number of rotatable bonds is 4. The van der Waals surface area contributed by atoms with Crippen molar-refractivity contribution in [3.63, 3.8) is 0 Å². The molecule has 0 aromatic rings. The lowest BCUT2D eigenvalue weighted by atomic mass is 10.1. The minimum atomic E-state index is -0.861. The van der Waals surface area contributed by atoms with Gasteiger partial charge in [0, 0.05) is 32.2 Å². The van der Waals surface area contributed by atoms with E-state index in [0.717, 1.165) is 26.1 Å². The summed E-state index contributed by atoms with van der Waals surface area (Å²) in [5, 5.41) is 8.99. The Kier molecular flexibility index (Phi) is 6.26. The van der Waals surface area contributed by atoms with Crippen molar-refractivity contribution in [2.24, 2.45) is 5.92 Å². The van der Waals surface area contributed by atoms with Gasteiger partial charge < -0.3 is 19.8 Å². The molecule has 1 saturated heterocycles. The Morgan fingerprint density at radius 1 is 1.40 bits per heavy atom. The first-order valence-corrected chi connectivity index (χ1v) is 7.33. The fraction of sp³-hybridized carbons (Fsp3) is 0.857. The third-order valence-electron chi connectivity index (χ3n) is 3.86. The molecule has 1 aliphatic heterocycles. The third-order valence-corrected chi connectivity index (χ3v) is 3.86. The fourth-order valence-electron chi connectivity index (χ4n) is 2.59. The van der Waals surface area contributed by atoms with Gasteiger partial charge in [0.1, 0.15) is 0 Å². The van der Waals surface area contributed by atoms with Crippen LogP contribution in [0.3, 0.4) is 0 Å². The Balaban J connectivity index is 2.71. The largest absolute Gasteiger partial charge is 0.481 e. The Labute approximate surface area is 121 Å². The summed E-state index contributed by atoms with van der Waals surface area (Å²) >= 11 is 0. The first-order valence-electron chi connectivity index (χ1n) is 7.33. The number of urea groups is 1. The van der Waals surface area contributed by atoms with Crippen molar-refractivity contribution in [1.29, 1.82) is 0 Å². The van der Waals surface area contributed by atoms with Crippen LogP contribution >= 0.6 is 0 Å². The number of nitrogens with zero attached hydrogens (tertiary/aromatic N) is 3. The summed E-state index contributed by atoms with van der Waals surface area (Å²) in [7, 11) is 2.06. The lowest BCUT2D eigenvalue weighted by Crippen LogP contribution is -2.50. The zero-order chi connectivity index (χ0) is 15.3. The van der Waals surface area contributed by atoms with Crippen molar-refractivity contribution >= 4 is 12.0 Å². The normalized spacial score (nSPS) is 22.2. The highest BCUT2D eigenvalue weighted by molar-refractivity contribution is 5.76. The predicted octanol–water partition coefficient (Wildman–Crippen LogP) is 1.18. The Bertz CT molecular complexity index is 349. The molecule has 2 unspecified atom stereocenters. The monoisotopic (exact) mass is 285 g/mol. The minimum absolute atomic E-state index is 0.0385. The number of carboxylic acids is 1. The van der Waals surface area contributed by atoms with Gasteiger partial charge in [0.2, 0.25) is 0 Å². The second-order valence-corrected chi connectivity index (χ2v) is 5.72. The molecule has 1 aliphatic rings. The maximum absolute atomic E-state index is 12.6. The van der Waals surface area contributed by atoms with E-state index in [2.05, 4.69) is 11.9 Å². The van der Waals surface area contributed by atoms with Crippen molar-refractivity contribution in [2.75, 3.05) is 39.8 Å². The number of hydrogen-bond acceptors (Lipinski definition) is 3. The molecule has 0 aromatic carbocycles. The molecule has 0 aromatic heterocycles. The lowest BCUT2D eigenvalue weighted by molar-refractivity contribution is -0.141. The molecule has 6 nitrogen and oxygen atoms in total. The minimum Gasteiger partial charge on any atom is -0.481 e. The first kappa shape index (κ1) is 16.8. The van der Waals surface area contributed by atoms with E-state index in [1.165, 1.54) is 0 Å². The van der Waals surface area contributed by atoms with Gasteiger partial charge >= 0.3 is 12.0 Å². The van der Waals surface area contributed by atoms with Crippen molar-refractivity contribution < 1.29 is 14.7 Å². The number of aliphatic carboxylic acids is 1. The van der Waals surface area contributed by atoms with E-state index in [1.54, 1.807) is 11.8 Å². The van der Waals surface area contributed by atoms with Gasteiger partial charge in [-0.25, -0.2) is 4.79 Å². The van der Waals surface area contributed by atoms with E-state index in [-0.39, 0.29) is 18.6 Å². The second-order valence-electron chi connectivity index (χ2n) is 5.72. The molecule has 0 spiro atoms. The number of carboxylic acid groups (broad SMARTS) is 1. The summed E-state index contributed by atoms with van der Waals surface area (Å²) < 4.78 is 0. The van der Waals surface area contributed by atoms with Gasteiger partial charge in [-0.3, -0.25) is 4.79 Å². The van der Waals surface area contributed by atoms with E-state index in [1.807, 2.05) is 18.7 Å². The number of likely N-dealkylation sites (N-methyl/N-ethyl adjacent to an activating group) is 1. The van der Waals surface area contributed by atoms with Crippen LogP contribution in [0.5, 0.6) is 0 Å². The van der Waals surface area contributed by atoms with Crippen molar-refractivity contribution in [2.45, 2.75) is 33.2 Å². The Hall–Kier alpha value is -1.30. The van der Waals surface area contributed by atoms with Crippen LogP contribution in [0.4, 0.5) is 4.79 Å². The number of amides is 2. The molecule has 1 heterocycles. The molecule has 2 amide bonds. The van der Waals surface area contributed by atoms with E-state index < -0.39 is 11.9 Å². The molecule has 6 heteroatoms. The third kappa shape index (κ3) is 4.37. The summed E-state index contributed by atoms with van der Waals surface area (Å²) in [6, 6.07) is 0.118. The van der Waals surface area contributed by atoms with Crippen LogP contribution < -0.4 is 0 Å². The second kappa shape index (κ2) is 7.47.